The Hall–Kier alpha value is -3.09. The summed E-state index contributed by atoms with van der Waals surface area (Å²) in [6, 6.07) is 7.94. The quantitative estimate of drug-likeness (QED) is 0.642. The second-order valence-corrected chi connectivity index (χ2v) is 7.59. The minimum atomic E-state index is 0.0842. The average Bonchev–Trinajstić information content (AvgIpc) is 3.37. The Morgan fingerprint density at radius 1 is 1.34 bits per heavy atom. The van der Waals surface area contributed by atoms with Crippen LogP contribution in [0, 0.1) is 6.92 Å². The van der Waals surface area contributed by atoms with Crippen molar-refractivity contribution < 1.29 is 13.9 Å². The first-order chi connectivity index (χ1) is 14.1. The molecule has 3 aromatic rings. The number of carbonyl (C=O) groups is 1. The predicted molar refractivity (Wildman–Crippen MR) is 108 cm³/mol. The molecule has 1 fully saturated rings. The molecule has 0 saturated carbocycles. The topological polar surface area (TPSA) is 73.4 Å². The van der Waals surface area contributed by atoms with E-state index in [1.54, 1.807) is 24.2 Å². The number of aromatic nitrogens is 3. The lowest BCUT2D eigenvalue weighted by molar-refractivity contribution is -0.133. The van der Waals surface area contributed by atoms with E-state index in [4.69, 9.17) is 9.15 Å². The molecular formula is C22H26N4O3. The van der Waals surface area contributed by atoms with E-state index in [0.717, 1.165) is 47.9 Å². The molecule has 1 aromatic carbocycles. The summed E-state index contributed by atoms with van der Waals surface area (Å²) in [5, 5.41) is 4.21. The van der Waals surface area contributed by atoms with Crippen molar-refractivity contribution in [2.75, 3.05) is 20.2 Å². The van der Waals surface area contributed by atoms with E-state index in [1.165, 1.54) is 0 Å². The van der Waals surface area contributed by atoms with Gasteiger partial charge in [0.1, 0.15) is 18.1 Å². The molecule has 1 atom stereocenters. The van der Waals surface area contributed by atoms with Gasteiger partial charge in [-0.05, 0) is 43.0 Å². The minimum absolute atomic E-state index is 0.0842. The van der Waals surface area contributed by atoms with Crippen LogP contribution in [0.3, 0.4) is 0 Å². The van der Waals surface area contributed by atoms with E-state index in [9.17, 15) is 4.79 Å². The molecule has 0 N–H and O–H groups in total. The molecule has 4 rings (SSSR count). The summed E-state index contributed by atoms with van der Waals surface area (Å²) in [5.74, 6) is 2.59. The smallest absolute Gasteiger partial charge is 0.244 e. The predicted octanol–water partition coefficient (Wildman–Crippen LogP) is 3.19. The number of oxazole rings is 1. The molecule has 1 amide bonds. The van der Waals surface area contributed by atoms with Crippen molar-refractivity contribution in [2.45, 2.75) is 38.6 Å². The zero-order valence-corrected chi connectivity index (χ0v) is 16.9. The normalized spacial score (nSPS) is 16.8. The summed E-state index contributed by atoms with van der Waals surface area (Å²) in [6.45, 7) is 3.65. The number of amides is 1. The third-order valence-corrected chi connectivity index (χ3v) is 5.27. The Bertz CT molecular complexity index is 978. The number of hydrogen-bond acceptors (Lipinski definition) is 5. The standard InChI is InChI=1S/C22H26N4O3/c1-16-11-24-26(13-16)15-21(27)25-8-4-6-18(14-25)22-23-12-20(29-22)10-17-5-3-7-19(9-17)28-2/h3,5,7,9,11-13,18H,4,6,8,10,14-15H2,1-2H3. The van der Waals surface area contributed by atoms with E-state index in [1.807, 2.05) is 42.3 Å². The van der Waals surface area contributed by atoms with E-state index < -0.39 is 0 Å². The maximum atomic E-state index is 12.7. The van der Waals surface area contributed by atoms with E-state index in [-0.39, 0.29) is 18.4 Å². The number of ether oxygens (including phenoxy) is 1. The van der Waals surface area contributed by atoms with Gasteiger partial charge in [-0.3, -0.25) is 9.48 Å². The van der Waals surface area contributed by atoms with Crippen LogP contribution in [0.15, 0.2) is 47.3 Å². The number of carbonyl (C=O) groups excluding carboxylic acids is 1. The van der Waals surface area contributed by atoms with Crippen LogP contribution in [-0.4, -0.2) is 45.8 Å². The number of methoxy groups -OCH3 is 1. The number of hydrogen-bond donors (Lipinski definition) is 0. The first-order valence-corrected chi connectivity index (χ1v) is 9.95. The van der Waals surface area contributed by atoms with Crippen LogP contribution in [-0.2, 0) is 17.8 Å². The van der Waals surface area contributed by atoms with Gasteiger partial charge in [-0.15, -0.1) is 0 Å². The van der Waals surface area contributed by atoms with Crippen molar-refractivity contribution in [1.82, 2.24) is 19.7 Å². The van der Waals surface area contributed by atoms with Crippen LogP contribution in [0.5, 0.6) is 5.75 Å². The van der Waals surface area contributed by atoms with Crippen molar-refractivity contribution in [3.8, 4) is 5.75 Å². The lowest BCUT2D eigenvalue weighted by atomic mass is 9.98. The fourth-order valence-corrected chi connectivity index (χ4v) is 3.77. The maximum Gasteiger partial charge on any atom is 0.244 e. The number of nitrogens with zero attached hydrogens (tertiary/aromatic N) is 4. The summed E-state index contributed by atoms with van der Waals surface area (Å²) in [4.78, 5) is 19.1. The zero-order chi connectivity index (χ0) is 20.2. The number of aryl methyl sites for hydroxylation is 1. The third kappa shape index (κ3) is 4.67. The number of likely N-dealkylation sites (tertiary alicyclic amines) is 1. The first kappa shape index (κ1) is 19.2. The fraction of sp³-hybridized carbons (Fsp3) is 0.409. The van der Waals surface area contributed by atoms with E-state index in [0.29, 0.717) is 13.0 Å². The molecule has 29 heavy (non-hydrogen) atoms. The Morgan fingerprint density at radius 2 is 2.24 bits per heavy atom. The van der Waals surface area contributed by atoms with Gasteiger partial charge >= 0.3 is 0 Å². The lowest BCUT2D eigenvalue weighted by Crippen LogP contribution is -2.41. The van der Waals surface area contributed by atoms with Crippen LogP contribution in [0.4, 0.5) is 0 Å². The first-order valence-electron chi connectivity index (χ1n) is 9.95. The highest BCUT2D eigenvalue weighted by Gasteiger charge is 2.28. The molecule has 0 radical (unpaired) electrons. The van der Waals surface area contributed by atoms with Gasteiger partial charge in [-0.25, -0.2) is 4.98 Å². The molecule has 152 valence electrons. The van der Waals surface area contributed by atoms with Crippen molar-refractivity contribution in [3.05, 3.63) is 65.6 Å². The summed E-state index contributed by atoms with van der Waals surface area (Å²) in [7, 11) is 1.66. The Balaban J connectivity index is 1.39. The summed E-state index contributed by atoms with van der Waals surface area (Å²) in [5.41, 5.74) is 2.17. The van der Waals surface area contributed by atoms with Gasteiger partial charge in [-0.2, -0.15) is 5.10 Å². The van der Waals surface area contributed by atoms with Crippen molar-refractivity contribution >= 4 is 5.91 Å². The number of benzene rings is 1. The van der Waals surface area contributed by atoms with Gasteiger partial charge in [0.15, 0.2) is 5.89 Å². The summed E-state index contributed by atoms with van der Waals surface area (Å²) < 4.78 is 13.0. The molecule has 0 bridgehead atoms. The van der Waals surface area contributed by atoms with Crippen LogP contribution in [0.1, 0.15) is 41.5 Å². The maximum absolute atomic E-state index is 12.7. The molecule has 0 aliphatic carbocycles. The summed E-state index contributed by atoms with van der Waals surface area (Å²) in [6.07, 6.45) is 8.04. The second kappa shape index (κ2) is 8.51. The lowest BCUT2D eigenvalue weighted by Gasteiger charge is -2.31. The molecule has 7 heteroatoms. The van der Waals surface area contributed by atoms with Gasteiger partial charge in [0, 0.05) is 25.7 Å². The Morgan fingerprint density at radius 3 is 3.03 bits per heavy atom. The van der Waals surface area contributed by atoms with Gasteiger partial charge in [0.05, 0.1) is 25.4 Å². The molecule has 2 aromatic heterocycles. The van der Waals surface area contributed by atoms with Gasteiger partial charge in [0.2, 0.25) is 5.91 Å². The van der Waals surface area contributed by atoms with Crippen LogP contribution in [0.2, 0.25) is 0 Å². The van der Waals surface area contributed by atoms with Crippen LogP contribution in [0.25, 0.3) is 0 Å². The van der Waals surface area contributed by atoms with Gasteiger partial charge in [-0.1, -0.05) is 12.1 Å². The zero-order valence-electron chi connectivity index (χ0n) is 16.9. The highest BCUT2D eigenvalue weighted by Crippen LogP contribution is 2.27. The van der Waals surface area contributed by atoms with Crippen LogP contribution < -0.4 is 4.74 Å². The molecule has 0 spiro atoms. The average molecular weight is 394 g/mol. The van der Waals surface area contributed by atoms with Gasteiger partial charge in [0.25, 0.3) is 0 Å². The highest BCUT2D eigenvalue weighted by atomic mass is 16.5. The highest BCUT2D eigenvalue weighted by molar-refractivity contribution is 5.76. The molecule has 1 aliphatic rings. The van der Waals surface area contributed by atoms with Crippen LogP contribution >= 0.6 is 0 Å². The molecule has 7 nitrogen and oxygen atoms in total. The van der Waals surface area contributed by atoms with E-state index in [2.05, 4.69) is 10.1 Å². The number of piperidine rings is 1. The van der Waals surface area contributed by atoms with E-state index >= 15 is 0 Å². The molecule has 1 saturated heterocycles. The van der Waals surface area contributed by atoms with Crippen molar-refractivity contribution in [1.29, 1.82) is 0 Å². The Kier molecular flexibility index (Phi) is 5.64. The minimum Gasteiger partial charge on any atom is -0.497 e. The third-order valence-electron chi connectivity index (χ3n) is 5.27. The summed E-state index contributed by atoms with van der Waals surface area (Å²) >= 11 is 0. The Labute approximate surface area is 170 Å². The molecule has 3 heterocycles. The second-order valence-electron chi connectivity index (χ2n) is 7.59. The van der Waals surface area contributed by atoms with Crippen molar-refractivity contribution in [3.63, 3.8) is 0 Å². The van der Waals surface area contributed by atoms with Crippen molar-refractivity contribution in [2.24, 2.45) is 0 Å². The molecule has 1 unspecified atom stereocenters. The SMILES string of the molecule is COc1cccc(Cc2cnc(C3CCCN(C(=O)Cn4cc(C)cn4)C3)o2)c1. The number of rotatable bonds is 6. The molecular weight excluding hydrogens is 368 g/mol. The monoisotopic (exact) mass is 394 g/mol. The van der Waals surface area contributed by atoms with Gasteiger partial charge < -0.3 is 14.1 Å². The fourth-order valence-electron chi connectivity index (χ4n) is 3.77. The molecule has 1 aliphatic heterocycles. The largest absolute Gasteiger partial charge is 0.497 e.